The molecule has 0 atom stereocenters. The minimum absolute atomic E-state index is 0.0670. The summed E-state index contributed by atoms with van der Waals surface area (Å²) in [5.41, 5.74) is 5.66. The molecule has 6 heteroatoms. The molecule has 0 bridgehead atoms. The minimum Gasteiger partial charge on any atom is -0.494 e. The maximum absolute atomic E-state index is 12.6. The van der Waals surface area contributed by atoms with Gasteiger partial charge in [-0.15, -0.1) is 0 Å². The molecular weight excluding hydrogens is 366 g/mol. The molecule has 2 heterocycles. The first-order chi connectivity index (χ1) is 14.0. The Balaban J connectivity index is 1.49. The first-order valence-electron chi connectivity index (χ1n) is 9.79. The van der Waals surface area contributed by atoms with Gasteiger partial charge in [-0.1, -0.05) is 12.1 Å². The summed E-state index contributed by atoms with van der Waals surface area (Å²) in [5.74, 6) is 1.52. The Morgan fingerprint density at radius 2 is 2.07 bits per heavy atom. The zero-order valence-corrected chi connectivity index (χ0v) is 17.0. The van der Waals surface area contributed by atoms with E-state index in [1.807, 2.05) is 54.9 Å². The molecular formula is C23H25N3O3. The second-order valence-electron chi connectivity index (χ2n) is 7.34. The number of hydrogen-bond acceptors (Lipinski definition) is 4. The number of anilines is 1. The molecule has 6 nitrogen and oxygen atoms in total. The molecule has 1 aliphatic heterocycles. The maximum atomic E-state index is 12.6. The highest BCUT2D eigenvalue weighted by Crippen LogP contribution is 2.28. The quantitative estimate of drug-likeness (QED) is 0.714. The van der Waals surface area contributed by atoms with E-state index in [4.69, 9.17) is 9.47 Å². The van der Waals surface area contributed by atoms with Crippen LogP contribution in [0.4, 0.5) is 5.69 Å². The van der Waals surface area contributed by atoms with Crippen molar-refractivity contribution < 1.29 is 14.3 Å². The molecule has 0 spiro atoms. The van der Waals surface area contributed by atoms with E-state index in [1.165, 1.54) is 5.56 Å². The molecule has 2 aromatic carbocycles. The molecule has 3 aromatic rings. The zero-order chi connectivity index (χ0) is 20.4. The summed E-state index contributed by atoms with van der Waals surface area (Å²) in [6, 6.07) is 13.6. The van der Waals surface area contributed by atoms with Crippen LogP contribution in [0.2, 0.25) is 0 Å². The first-order valence-corrected chi connectivity index (χ1v) is 9.79. The number of fused-ring (bicyclic) bond motifs is 1. The number of methoxy groups -OCH3 is 1. The lowest BCUT2D eigenvalue weighted by Gasteiger charge is -2.18. The topological polar surface area (TPSA) is 65.4 Å². The van der Waals surface area contributed by atoms with Crippen LogP contribution in [0.3, 0.4) is 0 Å². The molecule has 0 saturated heterocycles. The number of amides is 1. The van der Waals surface area contributed by atoms with Gasteiger partial charge in [-0.25, -0.2) is 4.68 Å². The smallest absolute Gasteiger partial charge is 0.228 e. The number of nitrogens with one attached hydrogen (secondary N) is 1. The van der Waals surface area contributed by atoms with Gasteiger partial charge in [0.2, 0.25) is 5.91 Å². The van der Waals surface area contributed by atoms with Crippen molar-refractivity contribution in [1.29, 1.82) is 0 Å². The van der Waals surface area contributed by atoms with E-state index in [0.717, 1.165) is 47.8 Å². The summed E-state index contributed by atoms with van der Waals surface area (Å²) < 4.78 is 13.0. The van der Waals surface area contributed by atoms with Gasteiger partial charge in [0.05, 0.1) is 25.8 Å². The number of aromatic nitrogens is 2. The molecule has 0 unspecified atom stereocenters. The summed E-state index contributed by atoms with van der Waals surface area (Å²) in [4.78, 5) is 12.6. The van der Waals surface area contributed by atoms with Crippen LogP contribution in [0.25, 0.3) is 5.69 Å². The summed E-state index contributed by atoms with van der Waals surface area (Å²) in [7, 11) is 1.62. The van der Waals surface area contributed by atoms with Crippen molar-refractivity contribution in [2.75, 3.05) is 19.0 Å². The van der Waals surface area contributed by atoms with Crippen molar-refractivity contribution >= 4 is 11.6 Å². The third-order valence-electron chi connectivity index (χ3n) is 5.04. The lowest BCUT2D eigenvalue weighted by atomic mass is 10.0. The lowest BCUT2D eigenvalue weighted by Crippen LogP contribution is -2.15. The van der Waals surface area contributed by atoms with Gasteiger partial charge >= 0.3 is 0 Å². The fourth-order valence-corrected chi connectivity index (χ4v) is 3.72. The van der Waals surface area contributed by atoms with E-state index in [-0.39, 0.29) is 5.91 Å². The Morgan fingerprint density at radius 1 is 1.21 bits per heavy atom. The number of nitrogens with zero attached hydrogens (tertiary/aromatic N) is 2. The Morgan fingerprint density at radius 3 is 2.83 bits per heavy atom. The average molecular weight is 391 g/mol. The van der Waals surface area contributed by atoms with E-state index >= 15 is 0 Å². The van der Waals surface area contributed by atoms with E-state index in [9.17, 15) is 4.79 Å². The number of hydrogen-bond donors (Lipinski definition) is 1. The molecule has 0 saturated carbocycles. The van der Waals surface area contributed by atoms with E-state index in [2.05, 4.69) is 16.5 Å². The highest BCUT2D eigenvalue weighted by Gasteiger charge is 2.14. The van der Waals surface area contributed by atoms with Crippen molar-refractivity contribution in [2.24, 2.45) is 0 Å². The highest BCUT2D eigenvalue weighted by molar-refractivity contribution is 5.92. The Hall–Kier alpha value is -3.28. The van der Waals surface area contributed by atoms with E-state index < -0.39 is 0 Å². The van der Waals surface area contributed by atoms with E-state index in [1.54, 1.807) is 7.11 Å². The number of benzene rings is 2. The Kier molecular flexibility index (Phi) is 5.25. The standard InChI is InChI=1S/C23H25N3O3/c1-15-11-16(2)26(25-15)20-8-7-19(14-22(20)28-3)24-23(27)13-17-6-9-21-18(12-17)5-4-10-29-21/h6-9,11-12,14H,4-5,10,13H2,1-3H3,(H,24,27). The van der Waals surface area contributed by atoms with Crippen molar-refractivity contribution in [3.05, 3.63) is 65.0 Å². The zero-order valence-electron chi connectivity index (χ0n) is 17.0. The number of ether oxygens (including phenoxy) is 2. The predicted molar refractivity (Wildman–Crippen MR) is 112 cm³/mol. The molecule has 0 fully saturated rings. The van der Waals surface area contributed by atoms with Gasteiger partial charge < -0.3 is 14.8 Å². The fourth-order valence-electron chi connectivity index (χ4n) is 3.72. The van der Waals surface area contributed by atoms with Gasteiger partial charge in [0.25, 0.3) is 0 Å². The van der Waals surface area contributed by atoms with Crippen molar-refractivity contribution in [3.63, 3.8) is 0 Å². The molecule has 0 radical (unpaired) electrons. The highest BCUT2D eigenvalue weighted by atomic mass is 16.5. The second-order valence-corrected chi connectivity index (χ2v) is 7.34. The molecule has 150 valence electrons. The minimum atomic E-state index is -0.0670. The van der Waals surface area contributed by atoms with Crippen LogP contribution in [0.5, 0.6) is 11.5 Å². The molecule has 1 N–H and O–H groups in total. The van der Waals surface area contributed by atoms with Crippen LogP contribution in [-0.4, -0.2) is 29.4 Å². The molecule has 1 amide bonds. The van der Waals surface area contributed by atoms with Gasteiger partial charge in [0.1, 0.15) is 17.2 Å². The van der Waals surface area contributed by atoms with Crippen LogP contribution < -0.4 is 14.8 Å². The number of aryl methyl sites for hydroxylation is 3. The van der Waals surface area contributed by atoms with Crippen molar-refractivity contribution in [2.45, 2.75) is 33.1 Å². The molecule has 29 heavy (non-hydrogen) atoms. The third kappa shape index (κ3) is 4.11. The van der Waals surface area contributed by atoms with Crippen LogP contribution in [0.15, 0.2) is 42.5 Å². The fraction of sp³-hybridized carbons (Fsp3) is 0.304. The number of carbonyl (C=O) groups is 1. The summed E-state index contributed by atoms with van der Waals surface area (Å²) in [6.07, 6.45) is 2.33. The maximum Gasteiger partial charge on any atom is 0.228 e. The number of rotatable bonds is 5. The average Bonchev–Trinajstić information content (AvgIpc) is 3.05. The molecule has 0 aliphatic carbocycles. The SMILES string of the molecule is COc1cc(NC(=O)Cc2ccc3c(c2)CCCO3)ccc1-n1nc(C)cc1C. The van der Waals surface area contributed by atoms with Crippen LogP contribution in [-0.2, 0) is 17.6 Å². The van der Waals surface area contributed by atoms with Crippen molar-refractivity contribution in [3.8, 4) is 17.2 Å². The van der Waals surface area contributed by atoms with Gasteiger partial charge in [-0.05, 0) is 62.1 Å². The monoisotopic (exact) mass is 391 g/mol. The summed E-state index contributed by atoms with van der Waals surface area (Å²) in [5, 5.41) is 7.47. The first kappa shape index (κ1) is 19.1. The van der Waals surface area contributed by atoms with Crippen molar-refractivity contribution in [1.82, 2.24) is 9.78 Å². The summed E-state index contributed by atoms with van der Waals surface area (Å²) >= 11 is 0. The summed E-state index contributed by atoms with van der Waals surface area (Å²) in [6.45, 7) is 4.72. The van der Waals surface area contributed by atoms with Gasteiger partial charge in [-0.2, -0.15) is 5.10 Å². The lowest BCUT2D eigenvalue weighted by molar-refractivity contribution is -0.115. The number of carbonyl (C=O) groups excluding carboxylic acids is 1. The predicted octanol–water partition coefficient (Wildman–Crippen LogP) is 4.00. The second kappa shape index (κ2) is 7.99. The normalized spacial score (nSPS) is 12.8. The van der Waals surface area contributed by atoms with Gasteiger partial charge in [-0.3, -0.25) is 4.79 Å². The van der Waals surface area contributed by atoms with Gasteiger partial charge in [0.15, 0.2) is 0 Å². The molecule has 1 aliphatic rings. The van der Waals surface area contributed by atoms with E-state index in [0.29, 0.717) is 17.9 Å². The Bertz CT molecular complexity index is 1060. The third-order valence-corrected chi connectivity index (χ3v) is 5.04. The molecule has 1 aromatic heterocycles. The Labute approximate surface area is 170 Å². The largest absolute Gasteiger partial charge is 0.494 e. The van der Waals surface area contributed by atoms with Gasteiger partial charge in [0, 0.05) is 17.4 Å². The van der Waals surface area contributed by atoms with Crippen LogP contribution in [0, 0.1) is 13.8 Å². The van der Waals surface area contributed by atoms with Crippen LogP contribution >= 0.6 is 0 Å². The molecule has 4 rings (SSSR count). The van der Waals surface area contributed by atoms with Crippen LogP contribution in [0.1, 0.15) is 28.9 Å².